The van der Waals surface area contributed by atoms with E-state index in [0.29, 0.717) is 0 Å². The van der Waals surface area contributed by atoms with Crippen molar-refractivity contribution in [1.82, 2.24) is 5.32 Å². The van der Waals surface area contributed by atoms with Crippen LogP contribution in [-0.2, 0) is 9.53 Å². The number of carbonyl (C=O) groups excluding carboxylic acids is 1. The molecule has 0 amide bonds. The third-order valence-electron chi connectivity index (χ3n) is 2.15. The lowest BCUT2D eigenvalue weighted by atomic mass is 10.1. The van der Waals surface area contributed by atoms with Gasteiger partial charge >= 0.3 is 5.97 Å². The normalized spacial score (nSPS) is 11.7. The fraction of sp³-hybridized carbons (Fsp3) is 0.308. The number of rotatable bonds is 5. The summed E-state index contributed by atoms with van der Waals surface area (Å²) in [5.41, 5.74) is 0.140. The summed E-state index contributed by atoms with van der Waals surface area (Å²) in [6, 6.07) is 1.88. The van der Waals surface area contributed by atoms with E-state index in [4.69, 9.17) is 11.2 Å². The highest BCUT2D eigenvalue weighted by atomic mass is 19.1. The van der Waals surface area contributed by atoms with Crippen molar-refractivity contribution in [3.8, 4) is 12.3 Å². The second kappa shape index (κ2) is 6.72. The van der Waals surface area contributed by atoms with Crippen molar-refractivity contribution in [2.24, 2.45) is 0 Å². The Kier molecular flexibility index (Phi) is 5.28. The molecule has 1 atom stereocenters. The predicted octanol–water partition coefficient (Wildman–Crippen LogP) is 1.79. The van der Waals surface area contributed by atoms with Gasteiger partial charge in [0, 0.05) is 6.07 Å². The Hall–Kier alpha value is -1.93. The van der Waals surface area contributed by atoms with Gasteiger partial charge in [-0.3, -0.25) is 5.32 Å². The molecule has 0 saturated carbocycles. The van der Waals surface area contributed by atoms with Gasteiger partial charge in [-0.2, -0.15) is 0 Å². The zero-order chi connectivity index (χ0) is 13.5. The first kappa shape index (κ1) is 14.1. The summed E-state index contributed by atoms with van der Waals surface area (Å²) < 4.78 is 31.0. The third kappa shape index (κ3) is 3.82. The van der Waals surface area contributed by atoms with Gasteiger partial charge in [0.2, 0.25) is 0 Å². The number of benzene rings is 1. The van der Waals surface area contributed by atoms with Crippen LogP contribution in [0.3, 0.4) is 0 Å². The predicted molar refractivity (Wildman–Crippen MR) is 62.6 cm³/mol. The molecule has 0 radical (unpaired) electrons. The minimum absolute atomic E-state index is 0.0849. The van der Waals surface area contributed by atoms with E-state index >= 15 is 0 Å². The van der Waals surface area contributed by atoms with E-state index in [-0.39, 0.29) is 18.7 Å². The van der Waals surface area contributed by atoms with Gasteiger partial charge in [0.05, 0.1) is 13.2 Å². The summed E-state index contributed by atoms with van der Waals surface area (Å²) in [5, 5.41) is 2.68. The molecule has 0 aromatic heterocycles. The van der Waals surface area contributed by atoms with Crippen molar-refractivity contribution in [1.29, 1.82) is 0 Å². The fourth-order valence-corrected chi connectivity index (χ4v) is 1.47. The highest BCUT2D eigenvalue weighted by Gasteiger charge is 2.22. The van der Waals surface area contributed by atoms with Crippen LogP contribution in [0.4, 0.5) is 8.78 Å². The summed E-state index contributed by atoms with van der Waals surface area (Å²) in [7, 11) is 0. The highest BCUT2D eigenvalue weighted by molar-refractivity contribution is 5.77. The molecule has 1 rings (SSSR count). The first-order chi connectivity index (χ1) is 8.58. The number of hydrogen-bond acceptors (Lipinski definition) is 3. The van der Waals surface area contributed by atoms with Crippen LogP contribution in [-0.4, -0.2) is 19.1 Å². The second-order valence-corrected chi connectivity index (χ2v) is 3.47. The topological polar surface area (TPSA) is 38.3 Å². The Morgan fingerprint density at radius 3 is 2.56 bits per heavy atom. The van der Waals surface area contributed by atoms with Gasteiger partial charge in [-0.1, -0.05) is 5.92 Å². The number of carbonyl (C=O) groups is 1. The number of esters is 1. The number of halogens is 2. The van der Waals surface area contributed by atoms with E-state index in [1.54, 1.807) is 6.92 Å². The van der Waals surface area contributed by atoms with Gasteiger partial charge < -0.3 is 4.74 Å². The van der Waals surface area contributed by atoms with Crippen LogP contribution in [0.1, 0.15) is 18.5 Å². The Morgan fingerprint density at radius 1 is 1.44 bits per heavy atom. The molecular formula is C13H13F2NO2. The van der Waals surface area contributed by atoms with Gasteiger partial charge in [0.15, 0.2) is 0 Å². The van der Waals surface area contributed by atoms with Crippen LogP contribution in [0, 0.1) is 24.0 Å². The maximum absolute atomic E-state index is 13.1. The van der Waals surface area contributed by atoms with Crippen molar-refractivity contribution in [2.45, 2.75) is 13.0 Å². The lowest BCUT2D eigenvalue weighted by molar-refractivity contribution is -0.145. The van der Waals surface area contributed by atoms with E-state index in [9.17, 15) is 13.6 Å². The van der Waals surface area contributed by atoms with Gasteiger partial charge in [0.25, 0.3) is 0 Å². The van der Waals surface area contributed by atoms with Crippen LogP contribution < -0.4 is 5.32 Å². The Morgan fingerprint density at radius 2 is 2.06 bits per heavy atom. The Balaban J connectivity index is 3.01. The number of nitrogens with one attached hydrogen (secondary N) is 1. The molecule has 0 aliphatic carbocycles. The van der Waals surface area contributed by atoms with E-state index in [0.717, 1.165) is 18.2 Å². The summed E-state index contributed by atoms with van der Waals surface area (Å²) in [5.74, 6) is 0.136. The number of terminal acetylenes is 1. The average Bonchev–Trinajstić information content (AvgIpc) is 2.28. The molecule has 1 N–H and O–H groups in total. The molecule has 0 fully saturated rings. The zero-order valence-corrected chi connectivity index (χ0v) is 9.87. The molecular weight excluding hydrogens is 240 g/mol. The lowest BCUT2D eigenvalue weighted by Gasteiger charge is -2.16. The molecule has 18 heavy (non-hydrogen) atoms. The summed E-state index contributed by atoms with van der Waals surface area (Å²) >= 11 is 0. The van der Waals surface area contributed by atoms with Crippen molar-refractivity contribution in [3.63, 3.8) is 0 Å². The molecule has 0 bridgehead atoms. The molecule has 3 nitrogen and oxygen atoms in total. The highest BCUT2D eigenvalue weighted by Crippen LogP contribution is 2.17. The van der Waals surface area contributed by atoms with Gasteiger partial charge in [-0.15, -0.1) is 6.42 Å². The van der Waals surface area contributed by atoms with Crippen molar-refractivity contribution in [3.05, 3.63) is 35.4 Å². The molecule has 0 spiro atoms. The average molecular weight is 253 g/mol. The van der Waals surface area contributed by atoms with E-state index < -0.39 is 23.6 Å². The van der Waals surface area contributed by atoms with Gasteiger partial charge in [-0.25, -0.2) is 13.6 Å². The summed E-state index contributed by atoms with van der Waals surface area (Å²) in [4.78, 5) is 11.7. The van der Waals surface area contributed by atoms with Crippen LogP contribution in [0.25, 0.3) is 0 Å². The molecule has 5 heteroatoms. The van der Waals surface area contributed by atoms with Gasteiger partial charge in [-0.05, 0) is 24.6 Å². The molecule has 1 aromatic rings. The van der Waals surface area contributed by atoms with E-state index in [2.05, 4.69) is 11.2 Å². The minimum Gasteiger partial charge on any atom is -0.465 e. The molecule has 96 valence electrons. The van der Waals surface area contributed by atoms with E-state index in [1.807, 2.05) is 0 Å². The molecule has 1 unspecified atom stereocenters. The lowest BCUT2D eigenvalue weighted by Crippen LogP contribution is -2.30. The van der Waals surface area contributed by atoms with Crippen LogP contribution in [0.2, 0.25) is 0 Å². The SMILES string of the molecule is C#CCNC(C(=O)OCC)c1cc(F)cc(F)c1. The zero-order valence-electron chi connectivity index (χ0n) is 9.87. The molecule has 0 aliphatic heterocycles. The summed E-state index contributed by atoms with van der Waals surface area (Å²) in [6.45, 7) is 1.90. The van der Waals surface area contributed by atoms with Crippen molar-refractivity contribution >= 4 is 5.97 Å². The van der Waals surface area contributed by atoms with E-state index in [1.165, 1.54) is 0 Å². The maximum Gasteiger partial charge on any atom is 0.327 e. The van der Waals surface area contributed by atoms with Crippen LogP contribution >= 0.6 is 0 Å². The summed E-state index contributed by atoms with van der Waals surface area (Å²) in [6.07, 6.45) is 5.08. The number of hydrogen-bond donors (Lipinski definition) is 1. The smallest absolute Gasteiger partial charge is 0.327 e. The molecule has 0 aliphatic rings. The van der Waals surface area contributed by atoms with Crippen molar-refractivity contribution < 1.29 is 18.3 Å². The first-order valence-electron chi connectivity index (χ1n) is 5.38. The first-order valence-corrected chi connectivity index (χ1v) is 5.38. The largest absolute Gasteiger partial charge is 0.465 e. The van der Waals surface area contributed by atoms with Crippen molar-refractivity contribution in [2.75, 3.05) is 13.2 Å². The fourth-order valence-electron chi connectivity index (χ4n) is 1.47. The molecule has 1 aromatic carbocycles. The Bertz CT molecular complexity index is 448. The van der Waals surface area contributed by atoms with Gasteiger partial charge in [0.1, 0.15) is 17.7 Å². The minimum atomic E-state index is -0.980. The van der Waals surface area contributed by atoms with Crippen LogP contribution in [0.5, 0.6) is 0 Å². The molecule has 0 heterocycles. The standard InChI is InChI=1S/C13H13F2NO2/c1-3-5-16-12(13(17)18-4-2)9-6-10(14)8-11(15)7-9/h1,6-8,12,16H,4-5H2,2H3. The van der Waals surface area contributed by atoms with Crippen LogP contribution in [0.15, 0.2) is 18.2 Å². The Labute approximate surface area is 104 Å². The number of ether oxygens (including phenoxy) is 1. The quantitative estimate of drug-likeness (QED) is 0.642. The maximum atomic E-state index is 13.1. The monoisotopic (exact) mass is 253 g/mol. The third-order valence-corrected chi connectivity index (χ3v) is 2.15. The second-order valence-electron chi connectivity index (χ2n) is 3.47. The molecule has 0 saturated heterocycles.